The number of ether oxygens (including phenoxy) is 2. The number of hydrogen-bond acceptors (Lipinski definition) is 4. The predicted octanol–water partition coefficient (Wildman–Crippen LogP) is 3.48. The molecule has 1 unspecified atom stereocenters. The predicted molar refractivity (Wildman–Crippen MR) is 126 cm³/mol. The highest BCUT2D eigenvalue weighted by Gasteiger charge is 2.17. The lowest BCUT2D eigenvalue weighted by atomic mass is 10.1. The second kappa shape index (κ2) is 11.8. The molecule has 2 N–H and O–H groups in total. The number of benzene rings is 2. The number of nitrogens with one attached hydrogen (secondary N) is 2. The Bertz CT molecular complexity index is 911. The van der Waals surface area contributed by atoms with E-state index >= 15 is 0 Å². The molecule has 6 nitrogen and oxygen atoms in total. The van der Waals surface area contributed by atoms with Crippen molar-refractivity contribution in [3.05, 3.63) is 64.5 Å². The van der Waals surface area contributed by atoms with Crippen LogP contribution in [0.15, 0.2) is 41.4 Å². The van der Waals surface area contributed by atoms with Gasteiger partial charge in [-0.15, -0.1) is 0 Å². The van der Waals surface area contributed by atoms with E-state index in [1.807, 2.05) is 25.1 Å². The van der Waals surface area contributed by atoms with E-state index in [0.717, 1.165) is 36.5 Å². The SMILES string of the molecule is CN=C(NCc1ccc(F)c(CN(C)C)c1)NCc1ccc(C)cc1OCC1CCOC1. The molecular weight excluding hydrogens is 407 g/mol. The summed E-state index contributed by atoms with van der Waals surface area (Å²) in [5.41, 5.74) is 3.93. The van der Waals surface area contributed by atoms with E-state index in [4.69, 9.17) is 9.47 Å². The van der Waals surface area contributed by atoms with Crippen molar-refractivity contribution >= 4 is 5.96 Å². The summed E-state index contributed by atoms with van der Waals surface area (Å²) in [5.74, 6) is 1.85. The average molecular weight is 443 g/mol. The standard InChI is InChI=1S/C25H35FN4O2/c1-18-5-7-21(24(11-18)32-17-20-9-10-31-16-20)14-29-25(27-2)28-13-19-6-8-23(26)22(12-19)15-30(3)4/h5-8,11-12,20H,9-10,13-17H2,1-4H3,(H2,27,28,29). The van der Waals surface area contributed by atoms with Crippen molar-refractivity contribution in [2.75, 3.05) is 41.0 Å². The summed E-state index contributed by atoms with van der Waals surface area (Å²) < 4.78 is 25.6. The van der Waals surface area contributed by atoms with Gasteiger partial charge in [0.15, 0.2) is 5.96 Å². The molecule has 0 aromatic heterocycles. The smallest absolute Gasteiger partial charge is 0.191 e. The zero-order valence-corrected chi connectivity index (χ0v) is 19.6. The van der Waals surface area contributed by atoms with Crippen LogP contribution >= 0.6 is 0 Å². The van der Waals surface area contributed by atoms with Crippen LogP contribution < -0.4 is 15.4 Å². The quantitative estimate of drug-likeness (QED) is 0.460. The lowest BCUT2D eigenvalue weighted by molar-refractivity contribution is 0.166. The highest BCUT2D eigenvalue weighted by atomic mass is 19.1. The minimum Gasteiger partial charge on any atom is -0.493 e. The molecule has 1 aliphatic heterocycles. The number of guanidine groups is 1. The zero-order valence-electron chi connectivity index (χ0n) is 19.6. The summed E-state index contributed by atoms with van der Waals surface area (Å²) in [5, 5.41) is 6.66. The second-order valence-electron chi connectivity index (χ2n) is 8.59. The molecule has 1 heterocycles. The summed E-state index contributed by atoms with van der Waals surface area (Å²) in [6.07, 6.45) is 1.05. The van der Waals surface area contributed by atoms with Crippen LogP contribution in [0.25, 0.3) is 0 Å². The van der Waals surface area contributed by atoms with Gasteiger partial charge in [-0.3, -0.25) is 4.99 Å². The first-order valence-electron chi connectivity index (χ1n) is 11.1. The molecule has 2 aromatic rings. The first-order chi connectivity index (χ1) is 15.4. The molecule has 1 atom stereocenters. The summed E-state index contributed by atoms with van der Waals surface area (Å²) in [7, 11) is 5.60. The molecule has 1 fully saturated rings. The van der Waals surface area contributed by atoms with Crippen molar-refractivity contribution < 1.29 is 13.9 Å². The Hall–Kier alpha value is -2.64. The van der Waals surface area contributed by atoms with E-state index < -0.39 is 0 Å². The maximum Gasteiger partial charge on any atom is 0.191 e. The van der Waals surface area contributed by atoms with Crippen molar-refractivity contribution in [3.63, 3.8) is 0 Å². The molecule has 1 aliphatic rings. The molecule has 32 heavy (non-hydrogen) atoms. The van der Waals surface area contributed by atoms with Crippen molar-refractivity contribution in [3.8, 4) is 5.75 Å². The van der Waals surface area contributed by atoms with Gasteiger partial charge in [-0.2, -0.15) is 0 Å². The Balaban J connectivity index is 1.56. The first-order valence-corrected chi connectivity index (χ1v) is 11.1. The van der Waals surface area contributed by atoms with Crippen molar-refractivity contribution in [1.82, 2.24) is 15.5 Å². The van der Waals surface area contributed by atoms with Crippen LogP contribution in [-0.2, 0) is 24.4 Å². The van der Waals surface area contributed by atoms with Gasteiger partial charge in [-0.05, 0) is 56.8 Å². The minimum absolute atomic E-state index is 0.180. The highest BCUT2D eigenvalue weighted by molar-refractivity contribution is 5.79. The molecule has 0 spiro atoms. The largest absolute Gasteiger partial charge is 0.493 e. The van der Waals surface area contributed by atoms with Gasteiger partial charge >= 0.3 is 0 Å². The Morgan fingerprint density at radius 2 is 1.97 bits per heavy atom. The average Bonchev–Trinajstić information content (AvgIpc) is 3.29. The fourth-order valence-corrected chi connectivity index (χ4v) is 3.65. The number of rotatable bonds is 9. The van der Waals surface area contributed by atoms with Crippen molar-refractivity contribution in [2.45, 2.75) is 33.0 Å². The van der Waals surface area contributed by atoms with Crippen LogP contribution in [0.3, 0.4) is 0 Å². The zero-order chi connectivity index (χ0) is 22.9. The first kappa shape index (κ1) is 24.0. The van der Waals surface area contributed by atoms with Crippen LogP contribution in [0.5, 0.6) is 5.75 Å². The van der Waals surface area contributed by atoms with Gasteiger partial charge in [-0.25, -0.2) is 4.39 Å². The van der Waals surface area contributed by atoms with Gasteiger partial charge in [0.1, 0.15) is 11.6 Å². The maximum atomic E-state index is 14.0. The summed E-state index contributed by atoms with van der Waals surface area (Å²) in [4.78, 5) is 6.27. The molecule has 1 saturated heterocycles. The van der Waals surface area contributed by atoms with Gasteiger partial charge in [0.25, 0.3) is 0 Å². The summed E-state index contributed by atoms with van der Waals surface area (Å²) >= 11 is 0. The summed E-state index contributed by atoms with van der Waals surface area (Å²) in [6, 6.07) is 11.5. The third-order valence-corrected chi connectivity index (χ3v) is 5.45. The van der Waals surface area contributed by atoms with Crippen LogP contribution in [-0.4, -0.2) is 51.8 Å². The Kier molecular flexibility index (Phi) is 8.88. The van der Waals surface area contributed by atoms with Crippen LogP contribution in [0.4, 0.5) is 4.39 Å². The van der Waals surface area contributed by atoms with Crippen LogP contribution in [0.1, 0.15) is 28.7 Å². The Labute approximate surface area is 190 Å². The molecular formula is C25H35FN4O2. The number of aryl methyl sites for hydroxylation is 1. The van der Waals surface area contributed by atoms with E-state index in [1.54, 1.807) is 13.1 Å². The van der Waals surface area contributed by atoms with E-state index in [-0.39, 0.29) is 5.82 Å². The van der Waals surface area contributed by atoms with Gasteiger partial charge in [0, 0.05) is 50.3 Å². The van der Waals surface area contributed by atoms with Crippen LogP contribution in [0.2, 0.25) is 0 Å². The second-order valence-corrected chi connectivity index (χ2v) is 8.59. The topological polar surface area (TPSA) is 58.1 Å². The fourth-order valence-electron chi connectivity index (χ4n) is 3.65. The van der Waals surface area contributed by atoms with Gasteiger partial charge < -0.3 is 25.0 Å². The molecule has 2 aromatic carbocycles. The number of nitrogens with zero attached hydrogens (tertiary/aromatic N) is 2. The molecule has 0 radical (unpaired) electrons. The number of halogens is 1. The fraction of sp³-hybridized carbons (Fsp3) is 0.480. The van der Waals surface area contributed by atoms with E-state index in [9.17, 15) is 4.39 Å². The van der Waals surface area contributed by atoms with Crippen LogP contribution in [0, 0.1) is 18.7 Å². The molecule has 0 amide bonds. The van der Waals surface area contributed by atoms with Crippen molar-refractivity contribution in [1.29, 1.82) is 0 Å². The third kappa shape index (κ3) is 7.21. The van der Waals surface area contributed by atoms with Gasteiger partial charge in [0.05, 0.1) is 13.2 Å². The van der Waals surface area contributed by atoms with E-state index in [2.05, 4.69) is 40.7 Å². The molecule has 0 aliphatic carbocycles. The Morgan fingerprint density at radius 1 is 1.16 bits per heavy atom. The number of hydrogen-bond donors (Lipinski definition) is 2. The molecule has 7 heteroatoms. The molecule has 174 valence electrons. The van der Waals surface area contributed by atoms with Gasteiger partial charge in [0.2, 0.25) is 0 Å². The molecule has 3 rings (SSSR count). The van der Waals surface area contributed by atoms with E-state index in [0.29, 0.717) is 43.7 Å². The summed E-state index contributed by atoms with van der Waals surface area (Å²) in [6.45, 7) is 6.04. The monoisotopic (exact) mass is 442 g/mol. The highest BCUT2D eigenvalue weighted by Crippen LogP contribution is 2.22. The lowest BCUT2D eigenvalue weighted by Gasteiger charge is -2.17. The molecule has 0 bridgehead atoms. The van der Waals surface area contributed by atoms with Crippen molar-refractivity contribution in [2.24, 2.45) is 10.9 Å². The lowest BCUT2D eigenvalue weighted by Crippen LogP contribution is -2.36. The maximum absolute atomic E-state index is 14.0. The number of aliphatic imine (C=N–C) groups is 1. The minimum atomic E-state index is -0.180. The Morgan fingerprint density at radius 3 is 2.69 bits per heavy atom. The third-order valence-electron chi connectivity index (χ3n) is 5.45. The van der Waals surface area contributed by atoms with Gasteiger partial charge in [-0.1, -0.05) is 18.2 Å². The normalized spacial score (nSPS) is 16.4. The molecule has 0 saturated carbocycles. The van der Waals surface area contributed by atoms with E-state index in [1.165, 1.54) is 11.6 Å².